The predicted molar refractivity (Wildman–Crippen MR) is 94.0 cm³/mol. The van der Waals surface area contributed by atoms with Gasteiger partial charge in [-0.25, -0.2) is 12.8 Å². The molecule has 0 radical (unpaired) electrons. The van der Waals surface area contributed by atoms with Crippen LogP contribution in [-0.2, 0) is 14.8 Å². The minimum absolute atomic E-state index is 0.0372. The molecule has 2 rings (SSSR count). The summed E-state index contributed by atoms with van der Waals surface area (Å²) in [6, 6.07) is 8.63. The molecule has 0 aliphatic carbocycles. The van der Waals surface area contributed by atoms with Crippen molar-refractivity contribution in [1.29, 1.82) is 0 Å². The van der Waals surface area contributed by atoms with E-state index in [0.717, 1.165) is 10.5 Å². The molecule has 24 heavy (non-hydrogen) atoms. The number of anilines is 1. The smallest absolute Gasteiger partial charge is 0.242 e. The zero-order chi connectivity index (χ0) is 17.9. The molecule has 2 aromatic rings. The van der Waals surface area contributed by atoms with Crippen LogP contribution in [0.15, 0.2) is 51.8 Å². The maximum Gasteiger partial charge on any atom is 0.242 e. The molecule has 0 bridgehead atoms. The molecule has 1 amide bonds. The van der Waals surface area contributed by atoms with Crippen LogP contribution in [0.25, 0.3) is 0 Å². The van der Waals surface area contributed by atoms with E-state index in [9.17, 15) is 17.6 Å². The lowest BCUT2D eigenvalue weighted by atomic mass is 10.3. The third-order valence-electron chi connectivity index (χ3n) is 3.04. The molecule has 0 spiro atoms. The van der Waals surface area contributed by atoms with Gasteiger partial charge in [0, 0.05) is 10.2 Å². The Morgan fingerprint density at radius 2 is 1.83 bits per heavy atom. The minimum atomic E-state index is -3.85. The Hall–Kier alpha value is -1.48. The second-order valence-electron chi connectivity index (χ2n) is 4.92. The summed E-state index contributed by atoms with van der Waals surface area (Å²) in [6.07, 6.45) is 0. The standard InChI is InChI=1S/C15H13BrClFN2O3S/c1-9(15(21)19-11-4-7-14(18)13(17)8-11)20-24(22,23)12-5-2-10(16)3-6-12/h2-9,20H,1H3,(H,19,21). The summed E-state index contributed by atoms with van der Waals surface area (Å²) < 4.78 is 40.6. The lowest BCUT2D eigenvalue weighted by Crippen LogP contribution is -2.41. The van der Waals surface area contributed by atoms with Crippen LogP contribution < -0.4 is 10.0 Å². The molecule has 0 saturated carbocycles. The summed E-state index contributed by atoms with van der Waals surface area (Å²) in [4.78, 5) is 12.1. The fourth-order valence-corrected chi connectivity index (χ4v) is 3.44. The Morgan fingerprint density at radius 1 is 1.21 bits per heavy atom. The normalized spacial score (nSPS) is 12.7. The Labute approximate surface area is 152 Å². The number of hydrogen-bond donors (Lipinski definition) is 2. The first kappa shape index (κ1) is 18.9. The lowest BCUT2D eigenvalue weighted by Gasteiger charge is -2.15. The lowest BCUT2D eigenvalue weighted by molar-refractivity contribution is -0.117. The van der Waals surface area contributed by atoms with Crippen molar-refractivity contribution in [3.05, 3.63) is 57.8 Å². The van der Waals surface area contributed by atoms with Crippen molar-refractivity contribution in [2.75, 3.05) is 5.32 Å². The molecule has 0 aromatic heterocycles. The van der Waals surface area contributed by atoms with Crippen LogP contribution in [0.4, 0.5) is 10.1 Å². The molecule has 1 unspecified atom stereocenters. The van der Waals surface area contributed by atoms with Gasteiger partial charge in [0.05, 0.1) is 16.0 Å². The van der Waals surface area contributed by atoms with Gasteiger partial charge in [-0.2, -0.15) is 4.72 Å². The number of carbonyl (C=O) groups excluding carboxylic acids is 1. The van der Waals surface area contributed by atoms with Gasteiger partial charge < -0.3 is 5.32 Å². The highest BCUT2D eigenvalue weighted by Crippen LogP contribution is 2.20. The number of carbonyl (C=O) groups is 1. The SMILES string of the molecule is CC(NS(=O)(=O)c1ccc(Br)cc1)C(=O)Nc1ccc(F)c(Cl)c1. The molecule has 0 saturated heterocycles. The molecule has 9 heteroatoms. The number of hydrogen-bond acceptors (Lipinski definition) is 3. The van der Waals surface area contributed by atoms with E-state index in [1.807, 2.05) is 0 Å². The van der Waals surface area contributed by atoms with Crippen molar-refractivity contribution in [2.45, 2.75) is 17.9 Å². The summed E-state index contributed by atoms with van der Waals surface area (Å²) in [5.41, 5.74) is 0.265. The molecule has 128 valence electrons. The highest BCUT2D eigenvalue weighted by atomic mass is 79.9. The van der Waals surface area contributed by atoms with Crippen LogP contribution in [0.5, 0.6) is 0 Å². The molecule has 0 heterocycles. The van der Waals surface area contributed by atoms with Crippen LogP contribution in [0.3, 0.4) is 0 Å². The highest BCUT2D eigenvalue weighted by Gasteiger charge is 2.22. The van der Waals surface area contributed by atoms with Crippen LogP contribution >= 0.6 is 27.5 Å². The fourth-order valence-electron chi connectivity index (χ4n) is 1.79. The van der Waals surface area contributed by atoms with Gasteiger partial charge in [0.2, 0.25) is 15.9 Å². The van der Waals surface area contributed by atoms with Gasteiger partial charge in [-0.3, -0.25) is 4.79 Å². The number of nitrogens with one attached hydrogen (secondary N) is 2. The van der Waals surface area contributed by atoms with E-state index in [0.29, 0.717) is 0 Å². The molecule has 2 N–H and O–H groups in total. The molecular weight excluding hydrogens is 423 g/mol. The van der Waals surface area contributed by atoms with Crippen LogP contribution in [0.2, 0.25) is 5.02 Å². The number of halogens is 3. The van der Waals surface area contributed by atoms with Crippen molar-refractivity contribution in [2.24, 2.45) is 0 Å². The second kappa shape index (κ2) is 7.60. The number of rotatable bonds is 5. The molecule has 0 fully saturated rings. The van der Waals surface area contributed by atoms with Crippen molar-refractivity contribution >= 4 is 49.1 Å². The number of amides is 1. The summed E-state index contributed by atoms with van der Waals surface area (Å²) >= 11 is 8.85. The zero-order valence-electron chi connectivity index (χ0n) is 12.4. The highest BCUT2D eigenvalue weighted by molar-refractivity contribution is 9.10. The Balaban J connectivity index is 2.07. The van der Waals surface area contributed by atoms with Crippen LogP contribution in [-0.4, -0.2) is 20.4 Å². The average molecular weight is 436 g/mol. The monoisotopic (exact) mass is 434 g/mol. The van der Waals surface area contributed by atoms with Crippen molar-refractivity contribution in [1.82, 2.24) is 4.72 Å². The van der Waals surface area contributed by atoms with Crippen molar-refractivity contribution < 1.29 is 17.6 Å². The van der Waals surface area contributed by atoms with E-state index in [4.69, 9.17) is 11.6 Å². The fraction of sp³-hybridized carbons (Fsp3) is 0.133. The molecule has 0 aliphatic rings. The van der Waals surface area contributed by atoms with Crippen molar-refractivity contribution in [3.8, 4) is 0 Å². The van der Waals surface area contributed by atoms with Gasteiger partial charge >= 0.3 is 0 Å². The van der Waals surface area contributed by atoms with Gasteiger partial charge in [0.15, 0.2) is 0 Å². The summed E-state index contributed by atoms with van der Waals surface area (Å²) in [5, 5.41) is 2.33. The largest absolute Gasteiger partial charge is 0.325 e. The Kier molecular flexibility index (Phi) is 5.97. The van der Waals surface area contributed by atoms with E-state index in [-0.39, 0.29) is 15.6 Å². The first-order valence-corrected chi connectivity index (χ1v) is 9.38. The van der Waals surface area contributed by atoms with E-state index in [2.05, 4.69) is 26.0 Å². The third-order valence-corrected chi connectivity index (χ3v) is 5.41. The van der Waals surface area contributed by atoms with Crippen LogP contribution in [0.1, 0.15) is 6.92 Å². The maximum atomic E-state index is 13.1. The minimum Gasteiger partial charge on any atom is -0.325 e. The van der Waals surface area contributed by atoms with Gasteiger partial charge in [-0.05, 0) is 49.4 Å². The zero-order valence-corrected chi connectivity index (χ0v) is 15.5. The summed E-state index contributed by atoms with van der Waals surface area (Å²) in [6.45, 7) is 1.40. The van der Waals surface area contributed by atoms with E-state index in [1.165, 1.54) is 31.2 Å². The topological polar surface area (TPSA) is 75.3 Å². The summed E-state index contributed by atoms with van der Waals surface area (Å²) in [5.74, 6) is -1.21. The summed E-state index contributed by atoms with van der Waals surface area (Å²) in [7, 11) is -3.85. The number of sulfonamides is 1. The van der Waals surface area contributed by atoms with Gasteiger partial charge in [-0.15, -0.1) is 0 Å². The average Bonchev–Trinajstić information content (AvgIpc) is 2.51. The molecule has 2 aromatic carbocycles. The Bertz CT molecular complexity index is 860. The molecule has 5 nitrogen and oxygen atoms in total. The van der Waals surface area contributed by atoms with Crippen molar-refractivity contribution in [3.63, 3.8) is 0 Å². The van der Waals surface area contributed by atoms with E-state index < -0.39 is 27.8 Å². The third kappa shape index (κ3) is 4.76. The van der Waals surface area contributed by atoms with E-state index >= 15 is 0 Å². The second-order valence-corrected chi connectivity index (χ2v) is 7.95. The van der Waals surface area contributed by atoms with Crippen LogP contribution in [0, 0.1) is 5.82 Å². The quantitative estimate of drug-likeness (QED) is 0.754. The van der Waals surface area contributed by atoms with Gasteiger partial charge in [0.1, 0.15) is 5.82 Å². The molecule has 0 aliphatic heterocycles. The predicted octanol–water partition coefficient (Wildman–Crippen LogP) is 3.55. The van der Waals surface area contributed by atoms with E-state index in [1.54, 1.807) is 12.1 Å². The molecule has 1 atom stereocenters. The Morgan fingerprint density at radius 3 is 2.42 bits per heavy atom. The number of benzene rings is 2. The van der Waals surface area contributed by atoms with Gasteiger partial charge in [0.25, 0.3) is 0 Å². The molecular formula is C15H13BrClFN2O3S. The maximum absolute atomic E-state index is 13.1. The first-order chi connectivity index (χ1) is 11.2. The first-order valence-electron chi connectivity index (χ1n) is 6.73. The van der Waals surface area contributed by atoms with Gasteiger partial charge in [-0.1, -0.05) is 27.5 Å².